The van der Waals surface area contributed by atoms with E-state index in [2.05, 4.69) is 31.4 Å². The summed E-state index contributed by atoms with van der Waals surface area (Å²) in [5.74, 6) is 0.481. The summed E-state index contributed by atoms with van der Waals surface area (Å²) in [7, 11) is 0. The Bertz CT molecular complexity index is 1250. The van der Waals surface area contributed by atoms with Crippen LogP contribution in [0.2, 0.25) is 0 Å². The second-order valence-electron chi connectivity index (χ2n) is 6.63. The molecule has 1 aliphatic heterocycles. The van der Waals surface area contributed by atoms with Gasteiger partial charge in [0.25, 0.3) is 0 Å². The van der Waals surface area contributed by atoms with Gasteiger partial charge >= 0.3 is 5.69 Å². The van der Waals surface area contributed by atoms with Crippen LogP contribution in [0.5, 0.6) is 0 Å². The average Bonchev–Trinajstić information content (AvgIpc) is 3.27. The van der Waals surface area contributed by atoms with E-state index in [9.17, 15) is 4.79 Å². The lowest BCUT2D eigenvalue weighted by Crippen LogP contribution is -2.33. The Labute approximate surface area is 153 Å². The van der Waals surface area contributed by atoms with Gasteiger partial charge in [0.1, 0.15) is 5.52 Å². The number of nitrogens with one attached hydrogen (secondary N) is 2. The molecule has 1 aliphatic rings. The molecule has 0 aromatic carbocycles. The summed E-state index contributed by atoms with van der Waals surface area (Å²) in [6.07, 6.45) is 6.81. The van der Waals surface area contributed by atoms with Crippen molar-refractivity contribution in [3.8, 4) is 17.5 Å². The van der Waals surface area contributed by atoms with Crippen LogP contribution in [-0.2, 0) is 0 Å². The first-order valence-electron chi connectivity index (χ1n) is 8.80. The molecule has 134 valence electrons. The molecule has 0 saturated carbocycles. The summed E-state index contributed by atoms with van der Waals surface area (Å²) in [4.78, 5) is 24.4. The minimum atomic E-state index is -0.157. The lowest BCUT2D eigenvalue weighted by Gasteiger charge is -2.23. The number of rotatable bonds is 2. The molecule has 0 unspecified atom stereocenters. The van der Waals surface area contributed by atoms with Gasteiger partial charge in [-0.15, -0.1) is 0 Å². The Kier molecular flexibility index (Phi) is 3.51. The molecule has 0 spiro atoms. The summed E-state index contributed by atoms with van der Waals surface area (Å²) >= 11 is 0. The third-order valence-electron chi connectivity index (χ3n) is 5.02. The molecule has 27 heavy (non-hydrogen) atoms. The highest BCUT2D eigenvalue weighted by atomic mass is 16.1. The molecule has 4 aromatic heterocycles. The summed E-state index contributed by atoms with van der Waals surface area (Å²) in [6.45, 7) is 1.76. The van der Waals surface area contributed by atoms with Crippen molar-refractivity contribution in [2.24, 2.45) is 0 Å². The maximum atomic E-state index is 12.5. The molecule has 0 bridgehead atoms. The van der Waals surface area contributed by atoms with Gasteiger partial charge in [-0.3, -0.25) is 4.57 Å². The molecular formula is C18H16N8O. The highest BCUT2D eigenvalue weighted by Gasteiger charge is 2.21. The first-order chi connectivity index (χ1) is 13.2. The highest BCUT2D eigenvalue weighted by Crippen LogP contribution is 2.25. The van der Waals surface area contributed by atoms with E-state index in [4.69, 9.17) is 5.26 Å². The number of hydrogen-bond acceptors (Lipinski definition) is 6. The molecule has 5 rings (SSSR count). The van der Waals surface area contributed by atoms with E-state index in [1.807, 2.05) is 0 Å². The Morgan fingerprint density at radius 3 is 2.93 bits per heavy atom. The minimum absolute atomic E-state index is 0.115. The van der Waals surface area contributed by atoms with Crippen molar-refractivity contribution in [3.05, 3.63) is 46.8 Å². The largest absolute Gasteiger partial charge is 0.327 e. The maximum Gasteiger partial charge on any atom is 0.327 e. The number of aromatic nitrogens is 6. The number of aromatic amines is 1. The molecule has 1 saturated heterocycles. The number of nitrogens with zero attached hydrogens (tertiary/aromatic N) is 6. The Morgan fingerprint density at radius 2 is 2.11 bits per heavy atom. The maximum absolute atomic E-state index is 12.5. The van der Waals surface area contributed by atoms with Crippen molar-refractivity contribution in [1.29, 1.82) is 5.26 Å². The van der Waals surface area contributed by atoms with Gasteiger partial charge in [0.2, 0.25) is 0 Å². The van der Waals surface area contributed by atoms with Crippen LogP contribution >= 0.6 is 0 Å². The first-order valence-corrected chi connectivity index (χ1v) is 8.80. The number of pyridine rings is 1. The molecule has 9 heteroatoms. The summed E-state index contributed by atoms with van der Waals surface area (Å²) in [6, 6.07) is 5.71. The van der Waals surface area contributed by atoms with Crippen molar-refractivity contribution < 1.29 is 0 Å². The number of imidazole rings is 1. The average molecular weight is 360 g/mol. The monoisotopic (exact) mass is 360 g/mol. The number of piperidine rings is 1. The smallest absolute Gasteiger partial charge is 0.317 e. The molecule has 0 aliphatic carbocycles. The molecule has 0 amide bonds. The molecule has 1 fully saturated rings. The number of nitriles is 1. The van der Waals surface area contributed by atoms with Gasteiger partial charge in [-0.2, -0.15) is 10.4 Å². The molecule has 4 aromatic rings. The zero-order chi connectivity index (χ0) is 18.4. The van der Waals surface area contributed by atoms with Crippen LogP contribution in [0.25, 0.3) is 28.1 Å². The molecular weight excluding hydrogens is 344 g/mol. The second-order valence-corrected chi connectivity index (χ2v) is 6.63. The standard InChI is InChI=1S/C18H16N8O/c19-8-11-3-6-25-15(7-11)13(9-22-25)16-21-10-14-17(24-16)26(18(27)23-14)12-1-4-20-5-2-12/h3,6-7,9-10,12,20H,1-2,4-5H2,(H,23,27). The van der Waals surface area contributed by atoms with E-state index in [1.54, 1.807) is 39.8 Å². The van der Waals surface area contributed by atoms with Crippen LogP contribution in [0, 0.1) is 11.3 Å². The molecule has 0 atom stereocenters. The molecule has 0 radical (unpaired) electrons. The fraction of sp³-hybridized carbons (Fsp3) is 0.278. The Hall–Kier alpha value is -3.51. The van der Waals surface area contributed by atoms with Crippen molar-refractivity contribution in [2.75, 3.05) is 13.1 Å². The van der Waals surface area contributed by atoms with Crippen LogP contribution in [0.1, 0.15) is 24.4 Å². The third-order valence-corrected chi connectivity index (χ3v) is 5.02. The summed E-state index contributed by atoms with van der Waals surface area (Å²) in [5.41, 5.74) is 3.08. The fourth-order valence-electron chi connectivity index (χ4n) is 3.67. The van der Waals surface area contributed by atoms with E-state index in [-0.39, 0.29) is 11.7 Å². The predicted molar refractivity (Wildman–Crippen MR) is 98.2 cm³/mol. The molecule has 9 nitrogen and oxygen atoms in total. The lowest BCUT2D eigenvalue weighted by molar-refractivity contribution is 0.367. The number of fused-ring (bicyclic) bond motifs is 2. The van der Waals surface area contributed by atoms with E-state index in [0.717, 1.165) is 37.0 Å². The van der Waals surface area contributed by atoms with Crippen LogP contribution < -0.4 is 11.0 Å². The Morgan fingerprint density at radius 1 is 1.26 bits per heavy atom. The minimum Gasteiger partial charge on any atom is -0.317 e. The quantitative estimate of drug-likeness (QED) is 0.555. The van der Waals surface area contributed by atoms with Crippen molar-refractivity contribution in [3.63, 3.8) is 0 Å². The van der Waals surface area contributed by atoms with Crippen LogP contribution in [0.15, 0.2) is 35.5 Å². The number of hydrogen-bond donors (Lipinski definition) is 2. The van der Waals surface area contributed by atoms with Crippen LogP contribution in [0.3, 0.4) is 0 Å². The summed E-state index contributed by atoms with van der Waals surface area (Å²) in [5, 5.41) is 16.8. The van der Waals surface area contributed by atoms with Crippen LogP contribution in [-0.4, -0.2) is 42.2 Å². The van der Waals surface area contributed by atoms with Gasteiger partial charge in [0.05, 0.1) is 35.1 Å². The normalized spacial score (nSPS) is 15.4. The Balaban J connectivity index is 1.69. The molecule has 2 N–H and O–H groups in total. The molecule has 5 heterocycles. The zero-order valence-corrected chi connectivity index (χ0v) is 14.4. The van der Waals surface area contributed by atoms with Gasteiger partial charge in [-0.1, -0.05) is 0 Å². The van der Waals surface area contributed by atoms with Crippen LogP contribution in [0.4, 0.5) is 0 Å². The predicted octanol–water partition coefficient (Wildman–Crippen LogP) is 1.23. The van der Waals surface area contributed by atoms with Gasteiger partial charge < -0.3 is 10.3 Å². The van der Waals surface area contributed by atoms with E-state index in [0.29, 0.717) is 22.6 Å². The summed E-state index contributed by atoms with van der Waals surface area (Å²) < 4.78 is 3.43. The number of H-pyrrole nitrogens is 1. The lowest BCUT2D eigenvalue weighted by atomic mass is 10.1. The highest BCUT2D eigenvalue weighted by molar-refractivity contribution is 5.80. The van der Waals surface area contributed by atoms with E-state index < -0.39 is 0 Å². The SMILES string of the molecule is N#Cc1ccn2ncc(-c3ncc4[nH]c(=O)n(C5CCNCC5)c4n3)c2c1. The van der Waals surface area contributed by atoms with Gasteiger partial charge in [0.15, 0.2) is 11.5 Å². The van der Waals surface area contributed by atoms with E-state index >= 15 is 0 Å². The first kappa shape index (κ1) is 15.7. The van der Waals surface area contributed by atoms with E-state index in [1.165, 1.54) is 0 Å². The van der Waals surface area contributed by atoms with Crippen molar-refractivity contribution in [1.82, 2.24) is 34.4 Å². The topological polar surface area (TPSA) is 117 Å². The zero-order valence-electron chi connectivity index (χ0n) is 14.4. The second kappa shape index (κ2) is 6.03. The van der Waals surface area contributed by atoms with Crippen molar-refractivity contribution >= 4 is 16.7 Å². The van der Waals surface area contributed by atoms with Gasteiger partial charge in [0, 0.05) is 12.2 Å². The fourth-order valence-corrected chi connectivity index (χ4v) is 3.67. The third kappa shape index (κ3) is 2.50. The van der Waals surface area contributed by atoms with Gasteiger partial charge in [-0.05, 0) is 38.1 Å². The van der Waals surface area contributed by atoms with Crippen molar-refractivity contribution in [2.45, 2.75) is 18.9 Å². The van der Waals surface area contributed by atoms with Gasteiger partial charge in [-0.25, -0.2) is 19.3 Å².